The van der Waals surface area contributed by atoms with Crippen molar-refractivity contribution in [2.24, 2.45) is 0 Å². The first kappa shape index (κ1) is 19.0. The molecule has 2 aromatic heterocycles. The molecule has 0 radical (unpaired) electrons. The lowest BCUT2D eigenvalue weighted by atomic mass is 10.2. The predicted molar refractivity (Wildman–Crippen MR) is 116 cm³/mol. The van der Waals surface area contributed by atoms with E-state index in [1.165, 1.54) is 4.70 Å². The Morgan fingerprint density at radius 1 is 0.966 bits per heavy atom. The summed E-state index contributed by atoms with van der Waals surface area (Å²) in [6.45, 7) is 4.38. The Morgan fingerprint density at radius 3 is 2.52 bits per heavy atom. The van der Waals surface area contributed by atoms with Crippen LogP contribution in [0.25, 0.3) is 21.3 Å². The molecule has 0 aliphatic carbocycles. The van der Waals surface area contributed by atoms with Gasteiger partial charge in [0, 0.05) is 26.2 Å². The van der Waals surface area contributed by atoms with E-state index in [9.17, 15) is 8.42 Å². The Bertz CT molecular complexity index is 1240. The van der Waals surface area contributed by atoms with E-state index in [0.717, 1.165) is 22.3 Å². The molecule has 7 nitrogen and oxygen atoms in total. The van der Waals surface area contributed by atoms with Crippen molar-refractivity contribution >= 4 is 54.3 Å². The Hall–Kier alpha value is -1.98. The molecule has 3 heterocycles. The van der Waals surface area contributed by atoms with E-state index in [1.807, 2.05) is 18.2 Å². The lowest BCUT2D eigenvalue weighted by Gasteiger charge is -2.36. The normalized spacial score (nSPS) is 17.8. The van der Waals surface area contributed by atoms with Gasteiger partial charge < -0.3 is 0 Å². The van der Waals surface area contributed by atoms with Crippen LogP contribution in [0.15, 0.2) is 47.4 Å². The van der Waals surface area contributed by atoms with E-state index in [2.05, 4.69) is 26.6 Å². The average Bonchev–Trinajstić information content (AvgIpc) is 3.39. The number of piperazine rings is 1. The Morgan fingerprint density at radius 2 is 1.72 bits per heavy atom. The fourth-order valence-corrected chi connectivity index (χ4v) is 6.91. The number of hydrogen-bond acceptors (Lipinski definition) is 8. The molecular weight excluding hydrogens is 426 g/mol. The van der Waals surface area contributed by atoms with Crippen molar-refractivity contribution in [2.75, 3.05) is 26.2 Å². The molecule has 0 N–H and O–H groups in total. The second kappa shape index (κ2) is 7.37. The molecule has 2 aromatic carbocycles. The van der Waals surface area contributed by atoms with Gasteiger partial charge in [-0.05, 0) is 31.2 Å². The molecule has 5 rings (SSSR count). The number of sulfonamides is 1. The molecule has 1 saturated heterocycles. The lowest BCUT2D eigenvalue weighted by molar-refractivity contribution is 0.146. The number of hydrogen-bond donors (Lipinski definition) is 0. The van der Waals surface area contributed by atoms with Gasteiger partial charge in [0.15, 0.2) is 0 Å². The van der Waals surface area contributed by atoms with Crippen molar-refractivity contribution in [3.63, 3.8) is 0 Å². The molecule has 0 saturated carbocycles. The van der Waals surface area contributed by atoms with Crippen LogP contribution in [-0.2, 0) is 10.0 Å². The second-order valence-corrected chi connectivity index (χ2v) is 10.5. The molecule has 0 spiro atoms. The maximum absolute atomic E-state index is 13.2. The number of aromatic nitrogens is 3. The molecule has 150 valence electrons. The van der Waals surface area contributed by atoms with Crippen LogP contribution in [-0.4, -0.2) is 57.5 Å². The highest BCUT2D eigenvalue weighted by atomic mass is 32.2. The highest BCUT2D eigenvalue weighted by Crippen LogP contribution is 2.31. The third-order valence-corrected chi connectivity index (χ3v) is 9.04. The molecule has 1 unspecified atom stereocenters. The van der Waals surface area contributed by atoms with Gasteiger partial charge in [0.25, 0.3) is 0 Å². The molecular formula is C19H19N5O2S3. The zero-order valence-electron chi connectivity index (χ0n) is 15.7. The zero-order valence-corrected chi connectivity index (χ0v) is 18.2. The average molecular weight is 446 g/mol. The molecule has 4 aromatic rings. The van der Waals surface area contributed by atoms with Crippen molar-refractivity contribution in [2.45, 2.75) is 17.9 Å². The van der Waals surface area contributed by atoms with Gasteiger partial charge in [0.1, 0.15) is 20.9 Å². The van der Waals surface area contributed by atoms with E-state index in [4.69, 9.17) is 4.98 Å². The van der Waals surface area contributed by atoms with Crippen LogP contribution in [0, 0.1) is 0 Å². The van der Waals surface area contributed by atoms with E-state index in [-0.39, 0.29) is 10.9 Å². The first-order valence-electron chi connectivity index (χ1n) is 9.35. The van der Waals surface area contributed by atoms with Crippen LogP contribution >= 0.6 is 23.1 Å². The number of nitrogens with zero attached hydrogens (tertiary/aromatic N) is 5. The maximum atomic E-state index is 13.2. The number of fused-ring (bicyclic) bond motifs is 2. The van der Waals surface area contributed by atoms with Gasteiger partial charge in [-0.2, -0.15) is 13.1 Å². The summed E-state index contributed by atoms with van der Waals surface area (Å²) in [4.78, 5) is 7.31. The van der Waals surface area contributed by atoms with Crippen molar-refractivity contribution < 1.29 is 8.42 Å². The Balaban J connectivity index is 1.34. The minimum absolute atomic E-state index is 0.156. The van der Waals surface area contributed by atoms with Crippen molar-refractivity contribution in [1.82, 2.24) is 22.9 Å². The highest BCUT2D eigenvalue weighted by Gasteiger charge is 2.32. The third kappa shape index (κ3) is 3.34. The van der Waals surface area contributed by atoms with E-state index in [0.29, 0.717) is 37.2 Å². The highest BCUT2D eigenvalue weighted by molar-refractivity contribution is 7.89. The molecule has 1 fully saturated rings. The predicted octanol–water partition coefficient (Wildman–Crippen LogP) is 3.37. The summed E-state index contributed by atoms with van der Waals surface area (Å²) in [7, 11) is -3.59. The largest absolute Gasteiger partial charge is 0.292 e. The summed E-state index contributed by atoms with van der Waals surface area (Å²) in [5.74, 6) is 0. The van der Waals surface area contributed by atoms with Gasteiger partial charge >= 0.3 is 0 Å². The van der Waals surface area contributed by atoms with E-state index >= 15 is 0 Å². The van der Waals surface area contributed by atoms with Crippen LogP contribution < -0.4 is 0 Å². The fraction of sp³-hybridized carbons (Fsp3) is 0.316. The maximum Gasteiger partial charge on any atom is 0.245 e. The van der Waals surface area contributed by atoms with E-state index in [1.54, 1.807) is 33.8 Å². The molecule has 1 aliphatic rings. The van der Waals surface area contributed by atoms with Crippen LogP contribution in [0.5, 0.6) is 0 Å². The smallest absolute Gasteiger partial charge is 0.245 e. The van der Waals surface area contributed by atoms with Gasteiger partial charge in [-0.25, -0.2) is 13.4 Å². The summed E-state index contributed by atoms with van der Waals surface area (Å²) >= 11 is 2.74. The van der Waals surface area contributed by atoms with Gasteiger partial charge in [0.2, 0.25) is 10.0 Å². The standard InChI is InChI=1S/C19H19N5O2S3/c1-13(19-20-14-5-2-3-7-16(14)27-19)23-9-11-24(12-10-23)29(25,26)17-8-4-6-15-18(17)22-28-21-15/h2-8,13H,9-12H2,1H3. The monoisotopic (exact) mass is 445 g/mol. The van der Waals surface area contributed by atoms with Crippen molar-refractivity contribution in [1.29, 1.82) is 0 Å². The van der Waals surface area contributed by atoms with Crippen LogP contribution in [0.3, 0.4) is 0 Å². The summed E-state index contributed by atoms with van der Waals surface area (Å²) in [6.07, 6.45) is 0. The first-order chi connectivity index (χ1) is 14.0. The van der Waals surface area contributed by atoms with Gasteiger partial charge in [-0.1, -0.05) is 18.2 Å². The van der Waals surface area contributed by atoms with Crippen LogP contribution in [0.1, 0.15) is 18.0 Å². The SMILES string of the molecule is CC(c1nc2ccccc2s1)N1CCN(S(=O)(=O)c2cccc3nsnc23)CC1. The molecule has 29 heavy (non-hydrogen) atoms. The van der Waals surface area contributed by atoms with Gasteiger partial charge in [-0.15, -0.1) is 11.3 Å². The van der Waals surface area contributed by atoms with Crippen LogP contribution in [0.2, 0.25) is 0 Å². The topological polar surface area (TPSA) is 79.3 Å². The number of benzene rings is 2. The Labute approximate surface area is 177 Å². The van der Waals surface area contributed by atoms with Crippen molar-refractivity contribution in [3.05, 3.63) is 47.5 Å². The van der Waals surface area contributed by atoms with Gasteiger partial charge in [-0.3, -0.25) is 4.90 Å². The van der Waals surface area contributed by atoms with Gasteiger partial charge in [0.05, 0.1) is 28.0 Å². The summed E-state index contributed by atoms with van der Waals surface area (Å²) in [6, 6.07) is 13.4. The molecule has 0 amide bonds. The fourth-order valence-electron chi connectivity index (χ4n) is 3.68. The molecule has 0 bridgehead atoms. The Kier molecular flexibility index (Phi) is 4.83. The zero-order chi connectivity index (χ0) is 20.0. The number of para-hydroxylation sites is 1. The lowest BCUT2D eigenvalue weighted by Crippen LogP contribution is -2.49. The summed E-state index contributed by atoms with van der Waals surface area (Å²) < 4.78 is 37.5. The van der Waals surface area contributed by atoms with Crippen LogP contribution in [0.4, 0.5) is 0 Å². The summed E-state index contributed by atoms with van der Waals surface area (Å²) in [5.41, 5.74) is 2.10. The first-order valence-corrected chi connectivity index (χ1v) is 12.3. The van der Waals surface area contributed by atoms with Crippen molar-refractivity contribution in [3.8, 4) is 0 Å². The van der Waals surface area contributed by atoms with E-state index < -0.39 is 10.0 Å². The quantitative estimate of drug-likeness (QED) is 0.479. The minimum Gasteiger partial charge on any atom is -0.292 e. The molecule has 1 atom stereocenters. The molecule has 10 heteroatoms. The third-order valence-electron chi connectivity index (χ3n) is 5.36. The number of thiazole rings is 1. The number of rotatable bonds is 4. The molecule has 1 aliphatic heterocycles. The summed E-state index contributed by atoms with van der Waals surface area (Å²) in [5, 5.41) is 1.07. The minimum atomic E-state index is -3.59. The second-order valence-electron chi connectivity index (χ2n) is 7.02.